The lowest BCUT2D eigenvalue weighted by Gasteiger charge is -2.25. The Morgan fingerprint density at radius 3 is 2.82 bits per heavy atom. The van der Waals surface area contributed by atoms with E-state index in [9.17, 15) is 0 Å². The summed E-state index contributed by atoms with van der Waals surface area (Å²) < 4.78 is 11.1. The van der Waals surface area contributed by atoms with Crippen molar-refractivity contribution in [3.8, 4) is 5.75 Å². The zero-order valence-electron chi connectivity index (χ0n) is 10.4. The maximum absolute atomic E-state index is 5.73. The Morgan fingerprint density at radius 1 is 1.35 bits per heavy atom. The van der Waals surface area contributed by atoms with E-state index in [1.165, 1.54) is 0 Å². The van der Waals surface area contributed by atoms with Crippen molar-refractivity contribution in [1.82, 2.24) is 5.32 Å². The largest absolute Gasteiger partial charge is 0.496 e. The van der Waals surface area contributed by atoms with Crippen LogP contribution in [0.4, 0.5) is 0 Å². The van der Waals surface area contributed by atoms with Crippen LogP contribution in [0, 0.1) is 0 Å². The van der Waals surface area contributed by atoms with Crippen LogP contribution < -0.4 is 10.1 Å². The number of allylic oxidation sites excluding steroid dienone is 1. The second-order valence-electron chi connectivity index (χ2n) is 4.06. The molecule has 0 spiro atoms. The molecular weight excluding hydrogens is 214 g/mol. The number of para-hydroxylation sites is 1. The SMILES string of the molecule is CNC(C1=CCCCO1)c1ccccc1OC. The first-order valence-corrected chi connectivity index (χ1v) is 6.00. The summed E-state index contributed by atoms with van der Waals surface area (Å²) in [7, 11) is 3.64. The molecule has 0 aromatic heterocycles. The number of hydrogen-bond donors (Lipinski definition) is 1. The summed E-state index contributed by atoms with van der Waals surface area (Å²) in [6.45, 7) is 0.805. The molecule has 2 rings (SSSR count). The molecule has 0 fully saturated rings. The van der Waals surface area contributed by atoms with E-state index in [1.54, 1.807) is 7.11 Å². The second-order valence-corrected chi connectivity index (χ2v) is 4.06. The predicted molar refractivity (Wildman–Crippen MR) is 68.1 cm³/mol. The van der Waals surface area contributed by atoms with Gasteiger partial charge in [-0.1, -0.05) is 18.2 Å². The average molecular weight is 233 g/mol. The Morgan fingerprint density at radius 2 is 2.18 bits per heavy atom. The molecule has 1 N–H and O–H groups in total. The van der Waals surface area contributed by atoms with Gasteiger partial charge in [0.25, 0.3) is 0 Å². The Kier molecular flexibility index (Phi) is 4.04. The molecule has 1 aliphatic rings. The van der Waals surface area contributed by atoms with Crippen molar-refractivity contribution in [2.24, 2.45) is 0 Å². The molecular formula is C14H19NO2. The van der Waals surface area contributed by atoms with Crippen LogP contribution in [0.25, 0.3) is 0 Å². The van der Waals surface area contributed by atoms with Crippen molar-refractivity contribution in [3.63, 3.8) is 0 Å². The summed E-state index contributed by atoms with van der Waals surface area (Å²) in [6, 6.07) is 8.12. The normalized spacial score (nSPS) is 16.9. The first-order chi connectivity index (χ1) is 8.36. The lowest BCUT2D eigenvalue weighted by Crippen LogP contribution is -2.22. The Bertz CT molecular complexity index is 401. The van der Waals surface area contributed by atoms with Crippen molar-refractivity contribution < 1.29 is 9.47 Å². The van der Waals surface area contributed by atoms with Crippen LogP contribution in [-0.2, 0) is 4.74 Å². The third kappa shape index (κ3) is 2.61. The van der Waals surface area contributed by atoms with Crippen molar-refractivity contribution in [2.75, 3.05) is 20.8 Å². The highest BCUT2D eigenvalue weighted by Gasteiger charge is 2.21. The summed E-state index contributed by atoms with van der Waals surface area (Å²) >= 11 is 0. The molecule has 1 aromatic rings. The summed E-state index contributed by atoms with van der Waals surface area (Å²) in [4.78, 5) is 0. The lowest BCUT2D eigenvalue weighted by molar-refractivity contribution is 0.169. The smallest absolute Gasteiger partial charge is 0.124 e. The fourth-order valence-corrected chi connectivity index (χ4v) is 2.13. The molecule has 92 valence electrons. The third-order valence-electron chi connectivity index (χ3n) is 2.99. The molecule has 1 atom stereocenters. The first-order valence-electron chi connectivity index (χ1n) is 6.00. The molecule has 0 amide bonds. The van der Waals surface area contributed by atoms with Crippen LogP contribution in [0.1, 0.15) is 24.4 Å². The molecule has 0 saturated carbocycles. The van der Waals surface area contributed by atoms with Gasteiger partial charge in [0.15, 0.2) is 0 Å². The Hall–Kier alpha value is -1.48. The highest BCUT2D eigenvalue weighted by Crippen LogP contribution is 2.31. The van der Waals surface area contributed by atoms with Crippen LogP contribution in [-0.4, -0.2) is 20.8 Å². The van der Waals surface area contributed by atoms with Crippen molar-refractivity contribution in [1.29, 1.82) is 0 Å². The van der Waals surface area contributed by atoms with E-state index in [-0.39, 0.29) is 6.04 Å². The molecule has 3 heteroatoms. The van der Waals surface area contributed by atoms with Crippen LogP contribution in [0.15, 0.2) is 36.1 Å². The molecule has 0 saturated heterocycles. The number of rotatable bonds is 4. The van der Waals surface area contributed by atoms with Crippen molar-refractivity contribution >= 4 is 0 Å². The number of likely N-dealkylation sites (N-methyl/N-ethyl adjacent to an activating group) is 1. The molecule has 0 aliphatic carbocycles. The third-order valence-corrected chi connectivity index (χ3v) is 2.99. The predicted octanol–water partition coefficient (Wildman–Crippen LogP) is 2.65. The molecule has 17 heavy (non-hydrogen) atoms. The maximum Gasteiger partial charge on any atom is 0.124 e. The number of methoxy groups -OCH3 is 1. The second kappa shape index (κ2) is 5.73. The fourth-order valence-electron chi connectivity index (χ4n) is 2.13. The monoisotopic (exact) mass is 233 g/mol. The first kappa shape index (κ1) is 12.0. The molecule has 1 heterocycles. The Balaban J connectivity index is 2.31. The summed E-state index contributed by atoms with van der Waals surface area (Å²) in [5, 5.41) is 3.29. The minimum Gasteiger partial charge on any atom is -0.496 e. The van der Waals surface area contributed by atoms with Gasteiger partial charge in [-0.2, -0.15) is 0 Å². The van der Waals surface area contributed by atoms with Crippen LogP contribution in [0.2, 0.25) is 0 Å². The molecule has 1 unspecified atom stereocenters. The van der Waals surface area contributed by atoms with E-state index in [0.717, 1.165) is 36.5 Å². The van der Waals surface area contributed by atoms with Crippen LogP contribution in [0.3, 0.4) is 0 Å². The fraction of sp³-hybridized carbons (Fsp3) is 0.429. The van der Waals surface area contributed by atoms with Gasteiger partial charge in [-0.25, -0.2) is 0 Å². The number of ether oxygens (including phenoxy) is 2. The summed E-state index contributed by atoms with van der Waals surface area (Å²) in [5.74, 6) is 1.89. The Labute approximate surface area is 102 Å². The minimum absolute atomic E-state index is 0.0754. The van der Waals surface area contributed by atoms with E-state index < -0.39 is 0 Å². The van der Waals surface area contributed by atoms with E-state index in [1.807, 2.05) is 25.2 Å². The molecule has 3 nitrogen and oxygen atoms in total. The van der Waals surface area contributed by atoms with Gasteiger partial charge < -0.3 is 14.8 Å². The zero-order valence-corrected chi connectivity index (χ0v) is 10.4. The highest BCUT2D eigenvalue weighted by molar-refractivity contribution is 5.39. The number of hydrogen-bond acceptors (Lipinski definition) is 3. The molecule has 1 aliphatic heterocycles. The minimum atomic E-state index is 0.0754. The van der Waals surface area contributed by atoms with Gasteiger partial charge in [0.2, 0.25) is 0 Å². The van der Waals surface area contributed by atoms with E-state index in [0.29, 0.717) is 0 Å². The van der Waals surface area contributed by atoms with Gasteiger partial charge in [0.05, 0.1) is 19.8 Å². The lowest BCUT2D eigenvalue weighted by atomic mass is 10.0. The topological polar surface area (TPSA) is 30.5 Å². The summed E-state index contributed by atoms with van der Waals surface area (Å²) in [6.07, 6.45) is 4.35. The van der Waals surface area contributed by atoms with E-state index in [2.05, 4.69) is 17.5 Å². The zero-order chi connectivity index (χ0) is 12.1. The molecule has 1 aromatic carbocycles. The van der Waals surface area contributed by atoms with Crippen molar-refractivity contribution in [2.45, 2.75) is 18.9 Å². The van der Waals surface area contributed by atoms with Crippen molar-refractivity contribution in [3.05, 3.63) is 41.7 Å². The molecule has 0 bridgehead atoms. The van der Waals surface area contributed by atoms with Crippen LogP contribution in [0.5, 0.6) is 5.75 Å². The van der Waals surface area contributed by atoms with Gasteiger partial charge in [0, 0.05) is 5.56 Å². The maximum atomic E-state index is 5.73. The standard InChI is InChI=1S/C14H19NO2/c1-15-14(13-9-5-6-10-17-13)11-7-3-4-8-12(11)16-2/h3-4,7-9,14-15H,5-6,10H2,1-2H3. The van der Waals surface area contributed by atoms with Gasteiger partial charge in [0.1, 0.15) is 11.5 Å². The number of benzene rings is 1. The van der Waals surface area contributed by atoms with Gasteiger partial charge >= 0.3 is 0 Å². The van der Waals surface area contributed by atoms with Gasteiger partial charge in [-0.3, -0.25) is 0 Å². The van der Waals surface area contributed by atoms with Crippen LogP contribution >= 0.6 is 0 Å². The van der Waals surface area contributed by atoms with E-state index >= 15 is 0 Å². The summed E-state index contributed by atoms with van der Waals surface area (Å²) in [5.41, 5.74) is 1.12. The average Bonchev–Trinajstić information content (AvgIpc) is 2.41. The van der Waals surface area contributed by atoms with E-state index in [4.69, 9.17) is 9.47 Å². The highest BCUT2D eigenvalue weighted by atomic mass is 16.5. The van der Waals surface area contributed by atoms with Gasteiger partial charge in [-0.05, 0) is 32.0 Å². The number of nitrogens with one attached hydrogen (secondary N) is 1. The molecule has 0 radical (unpaired) electrons. The quantitative estimate of drug-likeness (QED) is 0.867. The van der Waals surface area contributed by atoms with Gasteiger partial charge in [-0.15, -0.1) is 0 Å².